The summed E-state index contributed by atoms with van der Waals surface area (Å²) in [6, 6.07) is -0.501. The van der Waals surface area contributed by atoms with Gasteiger partial charge < -0.3 is 16.2 Å². The number of nitrogens with one attached hydrogen (secondary N) is 1. The Morgan fingerprint density at radius 2 is 1.93 bits per heavy atom. The molecule has 0 aliphatic heterocycles. The zero-order valence-corrected chi connectivity index (χ0v) is 9.46. The number of amides is 1. The van der Waals surface area contributed by atoms with Gasteiger partial charge >= 0.3 is 0 Å². The Labute approximate surface area is 91.2 Å². The van der Waals surface area contributed by atoms with Crippen molar-refractivity contribution >= 4 is 5.91 Å². The van der Waals surface area contributed by atoms with Crippen molar-refractivity contribution in [1.29, 1.82) is 0 Å². The van der Waals surface area contributed by atoms with Gasteiger partial charge in [-0.3, -0.25) is 4.79 Å². The molecule has 0 bridgehead atoms. The predicted molar refractivity (Wildman–Crippen MR) is 59.3 cm³/mol. The lowest BCUT2D eigenvalue weighted by atomic mass is 9.94. The first-order chi connectivity index (χ1) is 7.03. The lowest BCUT2D eigenvalue weighted by Crippen LogP contribution is -2.47. The molecule has 0 radical (unpaired) electrons. The fraction of sp³-hybridized carbons (Fsp3) is 0.909. The summed E-state index contributed by atoms with van der Waals surface area (Å²) in [7, 11) is 0. The van der Waals surface area contributed by atoms with E-state index in [4.69, 9.17) is 5.73 Å². The maximum Gasteiger partial charge on any atom is 0.236 e. The maximum absolute atomic E-state index is 11.3. The summed E-state index contributed by atoms with van der Waals surface area (Å²) in [5, 5.41) is 12.9. The highest BCUT2D eigenvalue weighted by Gasteiger charge is 2.28. The Kier molecular flexibility index (Phi) is 4.54. The van der Waals surface area contributed by atoms with E-state index in [9.17, 15) is 9.90 Å². The van der Waals surface area contributed by atoms with E-state index in [1.54, 1.807) is 6.92 Å². The first-order valence-corrected chi connectivity index (χ1v) is 5.79. The minimum atomic E-state index is -0.707. The quantitative estimate of drug-likeness (QED) is 0.600. The zero-order chi connectivity index (χ0) is 11.3. The van der Waals surface area contributed by atoms with Crippen molar-refractivity contribution < 1.29 is 9.90 Å². The van der Waals surface area contributed by atoms with Gasteiger partial charge in [0.15, 0.2) is 0 Å². The minimum Gasteiger partial charge on any atom is -0.388 e. The second kappa shape index (κ2) is 5.47. The lowest BCUT2D eigenvalue weighted by molar-refractivity contribution is -0.123. The number of carbonyl (C=O) groups excluding carboxylic acids is 1. The van der Waals surface area contributed by atoms with Crippen LogP contribution in [0.25, 0.3) is 0 Å². The fourth-order valence-electron chi connectivity index (χ4n) is 1.98. The van der Waals surface area contributed by atoms with Crippen LogP contribution in [0.1, 0.15) is 45.4 Å². The maximum atomic E-state index is 11.3. The van der Waals surface area contributed by atoms with Gasteiger partial charge in [0, 0.05) is 6.54 Å². The average molecular weight is 214 g/mol. The highest BCUT2D eigenvalue weighted by molar-refractivity contribution is 5.80. The van der Waals surface area contributed by atoms with Crippen molar-refractivity contribution in [3.8, 4) is 0 Å². The van der Waals surface area contributed by atoms with Crippen LogP contribution >= 0.6 is 0 Å². The first kappa shape index (κ1) is 12.5. The van der Waals surface area contributed by atoms with Gasteiger partial charge in [0.1, 0.15) is 0 Å². The number of aliphatic hydroxyl groups is 1. The molecule has 1 atom stereocenters. The number of carbonyl (C=O) groups is 1. The Balaban J connectivity index is 2.37. The molecule has 1 unspecified atom stereocenters. The largest absolute Gasteiger partial charge is 0.388 e. The standard InChI is InChI=1S/C11H22N2O2/c1-9(12)10(14)13-8-11(15)6-4-2-3-5-7-11/h9,15H,2-8,12H2,1H3,(H,13,14). The summed E-state index contributed by atoms with van der Waals surface area (Å²) in [5.74, 6) is -0.187. The predicted octanol–water partition coefficient (Wildman–Crippen LogP) is 0.535. The van der Waals surface area contributed by atoms with Crippen molar-refractivity contribution in [2.75, 3.05) is 6.54 Å². The summed E-state index contributed by atoms with van der Waals surface area (Å²) in [4.78, 5) is 11.3. The molecule has 1 amide bonds. The van der Waals surface area contributed by atoms with Crippen molar-refractivity contribution in [2.45, 2.75) is 57.1 Å². The summed E-state index contributed by atoms with van der Waals surface area (Å²) < 4.78 is 0. The summed E-state index contributed by atoms with van der Waals surface area (Å²) in [6.45, 7) is 1.99. The molecule has 0 aromatic carbocycles. The molecule has 0 heterocycles. The summed E-state index contributed by atoms with van der Waals surface area (Å²) in [6.07, 6.45) is 6.03. The molecular formula is C11H22N2O2. The van der Waals surface area contributed by atoms with Crippen molar-refractivity contribution in [1.82, 2.24) is 5.32 Å². The molecule has 1 saturated carbocycles. The molecule has 0 saturated heterocycles. The summed E-state index contributed by atoms with van der Waals surface area (Å²) in [5.41, 5.74) is 4.72. The normalized spacial score (nSPS) is 22.9. The molecule has 0 aromatic heterocycles. The van der Waals surface area contributed by atoms with E-state index < -0.39 is 11.6 Å². The fourth-order valence-corrected chi connectivity index (χ4v) is 1.98. The third-order valence-corrected chi connectivity index (χ3v) is 3.04. The number of hydrogen-bond acceptors (Lipinski definition) is 3. The molecule has 4 N–H and O–H groups in total. The van der Waals surface area contributed by atoms with Crippen LogP contribution in [-0.2, 0) is 4.79 Å². The van der Waals surface area contributed by atoms with Crippen molar-refractivity contribution in [3.05, 3.63) is 0 Å². The van der Waals surface area contributed by atoms with Gasteiger partial charge in [-0.1, -0.05) is 25.7 Å². The van der Waals surface area contributed by atoms with Crippen LogP contribution in [0.5, 0.6) is 0 Å². The van der Waals surface area contributed by atoms with Crippen LogP contribution in [0.15, 0.2) is 0 Å². The van der Waals surface area contributed by atoms with Crippen LogP contribution in [0.4, 0.5) is 0 Å². The van der Waals surface area contributed by atoms with Crippen molar-refractivity contribution in [2.24, 2.45) is 5.73 Å². The zero-order valence-electron chi connectivity index (χ0n) is 9.46. The number of rotatable bonds is 3. The van der Waals surface area contributed by atoms with Crippen LogP contribution in [0.2, 0.25) is 0 Å². The van der Waals surface area contributed by atoms with Crippen LogP contribution in [0.3, 0.4) is 0 Å². The topological polar surface area (TPSA) is 75.4 Å². The van der Waals surface area contributed by atoms with E-state index in [2.05, 4.69) is 5.32 Å². The molecule has 88 valence electrons. The SMILES string of the molecule is CC(N)C(=O)NCC1(O)CCCCCC1. The molecule has 1 aliphatic rings. The molecular weight excluding hydrogens is 192 g/mol. The van der Waals surface area contributed by atoms with Gasteiger partial charge in [0.05, 0.1) is 11.6 Å². The average Bonchev–Trinajstić information content (AvgIpc) is 2.40. The highest BCUT2D eigenvalue weighted by atomic mass is 16.3. The second-order valence-corrected chi connectivity index (χ2v) is 4.65. The molecule has 1 rings (SSSR count). The van der Waals surface area contributed by atoms with Crippen LogP contribution in [0, 0.1) is 0 Å². The van der Waals surface area contributed by atoms with Gasteiger partial charge in [-0.15, -0.1) is 0 Å². The van der Waals surface area contributed by atoms with Gasteiger partial charge in [-0.2, -0.15) is 0 Å². The highest BCUT2D eigenvalue weighted by Crippen LogP contribution is 2.26. The Morgan fingerprint density at radius 3 is 2.40 bits per heavy atom. The molecule has 1 aliphatic carbocycles. The van der Waals surface area contributed by atoms with E-state index in [1.165, 1.54) is 12.8 Å². The lowest BCUT2D eigenvalue weighted by Gasteiger charge is -2.27. The van der Waals surface area contributed by atoms with E-state index >= 15 is 0 Å². The Hall–Kier alpha value is -0.610. The number of nitrogens with two attached hydrogens (primary N) is 1. The van der Waals surface area contributed by atoms with E-state index in [0.717, 1.165) is 25.7 Å². The van der Waals surface area contributed by atoms with Crippen LogP contribution < -0.4 is 11.1 Å². The Bertz CT molecular complexity index is 209. The van der Waals surface area contributed by atoms with Crippen molar-refractivity contribution in [3.63, 3.8) is 0 Å². The monoisotopic (exact) mass is 214 g/mol. The smallest absolute Gasteiger partial charge is 0.236 e. The van der Waals surface area contributed by atoms with E-state index in [1.807, 2.05) is 0 Å². The van der Waals surface area contributed by atoms with E-state index in [-0.39, 0.29) is 5.91 Å². The van der Waals surface area contributed by atoms with Crippen LogP contribution in [-0.4, -0.2) is 29.2 Å². The Morgan fingerprint density at radius 1 is 1.40 bits per heavy atom. The van der Waals surface area contributed by atoms with Gasteiger partial charge in [-0.05, 0) is 19.8 Å². The third-order valence-electron chi connectivity index (χ3n) is 3.04. The molecule has 1 fully saturated rings. The second-order valence-electron chi connectivity index (χ2n) is 4.65. The number of hydrogen-bond donors (Lipinski definition) is 3. The minimum absolute atomic E-state index is 0.187. The van der Waals surface area contributed by atoms with E-state index in [0.29, 0.717) is 6.54 Å². The molecule has 4 nitrogen and oxygen atoms in total. The first-order valence-electron chi connectivity index (χ1n) is 5.79. The molecule has 0 aromatic rings. The third kappa shape index (κ3) is 4.18. The van der Waals surface area contributed by atoms with Gasteiger partial charge in [-0.25, -0.2) is 0 Å². The molecule has 0 spiro atoms. The summed E-state index contributed by atoms with van der Waals surface area (Å²) >= 11 is 0. The van der Waals surface area contributed by atoms with Gasteiger partial charge in [0.25, 0.3) is 0 Å². The van der Waals surface area contributed by atoms with Gasteiger partial charge in [0.2, 0.25) is 5.91 Å². The molecule has 4 heteroatoms. The molecule has 15 heavy (non-hydrogen) atoms.